The average Bonchev–Trinajstić information content (AvgIpc) is 1.53. The first-order valence-corrected chi connectivity index (χ1v) is 2.91. The molecule has 0 saturated carbocycles. The fourth-order valence-electron chi connectivity index (χ4n) is 0.665. The Morgan fingerprint density at radius 1 is 1.27 bits per heavy atom. The van der Waals surface area contributed by atoms with E-state index in [1.54, 1.807) is 0 Å². The van der Waals surface area contributed by atoms with Crippen molar-refractivity contribution in [3.63, 3.8) is 0 Å². The minimum atomic E-state index is -1.41. The summed E-state index contributed by atoms with van der Waals surface area (Å²) in [5.41, 5.74) is 3.84. The van der Waals surface area contributed by atoms with Gasteiger partial charge < -0.3 is 15.9 Å². The zero-order valence-corrected chi connectivity index (χ0v) is 5.91. The Labute approximate surface area is 63.8 Å². The van der Waals surface area contributed by atoms with Gasteiger partial charge in [-0.15, -0.1) is 0 Å². The van der Waals surface area contributed by atoms with Crippen LogP contribution < -0.4 is 5.73 Å². The van der Waals surface area contributed by atoms with E-state index in [4.69, 9.17) is 15.9 Å². The van der Waals surface area contributed by atoms with Crippen LogP contribution >= 0.6 is 0 Å². The molecule has 0 spiro atoms. The average molecular weight is 160 g/mol. The van der Waals surface area contributed by atoms with Crippen LogP contribution in [0.3, 0.4) is 0 Å². The fourth-order valence-corrected chi connectivity index (χ4v) is 0.665. The molecule has 0 aromatic heterocycles. The second-order valence-electron chi connectivity index (χ2n) is 2.50. The number of carboxylic acid groups (broad SMARTS) is 2. The molecular formula is C6H10NO4. The molecule has 0 heterocycles. The van der Waals surface area contributed by atoms with Crippen molar-refractivity contribution in [2.24, 2.45) is 5.73 Å². The molecule has 0 aromatic rings. The zero-order valence-electron chi connectivity index (χ0n) is 5.91. The van der Waals surface area contributed by atoms with E-state index >= 15 is 0 Å². The number of hydrogen-bond donors (Lipinski definition) is 3. The van der Waals surface area contributed by atoms with E-state index in [1.165, 1.54) is 0 Å². The third-order valence-corrected chi connectivity index (χ3v) is 1.01. The maximum atomic E-state index is 10.1. The van der Waals surface area contributed by atoms with Crippen molar-refractivity contribution in [2.45, 2.75) is 18.4 Å². The SMILES string of the molecule is [CH2]C(N)(CC(=O)O)CC(=O)O. The van der Waals surface area contributed by atoms with Crippen LogP contribution in [-0.2, 0) is 9.59 Å². The van der Waals surface area contributed by atoms with Gasteiger partial charge in [-0.25, -0.2) is 0 Å². The van der Waals surface area contributed by atoms with Gasteiger partial charge >= 0.3 is 11.9 Å². The van der Waals surface area contributed by atoms with Crippen LogP contribution in [0.5, 0.6) is 0 Å². The van der Waals surface area contributed by atoms with Crippen molar-refractivity contribution in [2.75, 3.05) is 0 Å². The van der Waals surface area contributed by atoms with Crippen molar-refractivity contribution in [1.29, 1.82) is 0 Å². The predicted octanol–water partition coefficient (Wildman–Crippen LogP) is -0.533. The number of rotatable bonds is 4. The van der Waals surface area contributed by atoms with E-state index in [9.17, 15) is 9.59 Å². The third kappa shape index (κ3) is 5.35. The van der Waals surface area contributed by atoms with Gasteiger partial charge in [-0.2, -0.15) is 0 Å². The number of aliphatic carboxylic acids is 2. The van der Waals surface area contributed by atoms with Crippen LogP contribution in [0.2, 0.25) is 0 Å². The van der Waals surface area contributed by atoms with Crippen molar-refractivity contribution in [3.8, 4) is 0 Å². The van der Waals surface area contributed by atoms with Crippen molar-refractivity contribution in [1.82, 2.24) is 0 Å². The molecule has 0 aliphatic rings. The molecule has 1 radical (unpaired) electrons. The number of carbonyl (C=O) groups is 2. The van der Waals surface area contributed by atoms with Gasteiger partial charge in [0.1, 0.15) is 0 Å². The summed E-state index contributed by atoms with van der Waals surface area (Å²) in [4.78, 5) is 20.2. The molecule has 4 N–H and O–H groups in total. The molecule has 0 aliphatic heterocycles. The lowest BCUT2D eigenvalue weighted by Crippen LogP contribution is -2.41. The van der Waals surface area contributed by atoms with E-state index in [1.807, 2.05) is 0 Å². The molecule has 11 heavy (non-hydrogen) atoms. The van der Waals surface area contributed by atoms with Crippen LogP contribution in [0.1, 0.15) is 12.8 Å². The van der Waals surface area contributed by atoms with Crippen molar-refractivity contribution in [3.05, 3.63) is 6.92 Å². The molecule has 0 unspecified atom stereocenters. The highest BCUT2D eigenvalue weighted by Crippen LogP contribution is 2.09. The molecule has 5 nitrogen and oxygen atoms in total. The molecule has 0 saturated heterocycles. The summed E-state index contributed by atoms with van der Waals surface area (Å²) in [7, 11) is 0. The lowest BCUT2D eigenvalue weighted by Gasteiger charge is -2.18. The highest BCUT2D eigenvalue weighted by atomic mass is 16.4. The lowest BCUT2D eigenvalue weighted by molar-refractivity contribution is -0.140. The van der Waals surface area contributed by atoms with Crippen molar-refractivity contribution >= 4 is 11.9 Å². The lowest BCUT2D eigenvalue weighted by atomic mass is 9.95. The standard InChI is InChI=1S/C6H10NO4/c1-6(7,2-4(8)9)3-5(10)11/h1-3,7H2,(H,8,9)(H,10,11). The summed E-state index contributed by atoms with van der Waals surface area (Å²) < 4.78 is 0. The molecule has 0 rings (SSSR count). The van der Waals surface area contributed by atoms with Crippen molar-refractivity contribution < 1.29 is 19.8 Å². The number of nitrogens with two attached hydrogens (primary N) is 1. The Kier molecular flexibility index (Phi) is 3.00. The topological polar surface area (TPSA) is 101 Å². The Balaban J connectivity index is 3.99. The van der Waals surface area contributed by atoms with E-state index < -0.39 is 30.3 Å². The minimum absolute atomic E-state index is 0.445. The Morgan fingerprint density at radius 3 is 1.73 bits per heavy atom. The van der Waals surface area contributed by atoms with Gasteiger partial charge in [-0.05, 0) is 6.92 Å². The van der Waals surface area contributed by atoms with Gasteiger partial charge in [-0.1, -0.05) is 0 Å². The third-order valence-electron chi connectivity index (χ3n) is 1.01. The van der Waals surface area contributed by atoms with E-state index in [-0.39, 0.29) is 0 Å². The Hall–Kier alpha value is -1.10. The van der Waals surface area contributed by atoms with Crippen LogP contribution in [-0.4, -0.2) is 27.7 Å². The summed E-state index contributed by atoms with van der Waals surface area (Å²) in [6.45, 7) is 3.27. The summed E-state index contributed by atoms with van der Waals surface area (Å²) >= 11 is 0. The maximum Gasteiger partial charge on any atom is 0.305 e. The second kappa shape index (κ2) is 3.34. The first-order chi connectivity index (χ1) is 4.83. The minimum Gasteiger partial charge on any atom is -0.481 e. The van der Waals surface area contributed by atoms with Gasteiger partial charge in [0.05, 0.1) is 12.8 Å². The summed E-state index contributed by atoms with van der Waals surface area (Å²) in [5, 5.41) is 16.5. The zero-order chi connectivity index (χ0) is 9.07. The Morgan fingerprint density at radius 2 is 1.55 bits per heavy atom. The van der Waals surface area contributed by atoms with Gasteiger partial charge in [-0.3, -0.25) is 9.59 Å². The van der Waals surface area contributed by atoms with Gasteiger partial charge in [0, 0.05) is 5.54 Å². The number of carboxylic acids is 2. The molecule has 0 aromatic carbocycles. The van der Waals surface area contributed by atoms with E-state index in [0.717, 1.165) is 0 Å². The monoisotopic (exact) mass is 160 g/mol. The molecule has 5 heteroatoms. The highest BCUT2D eigenvalue weighted by Gasteiger charge is 2.25. The summed E-state index contributed by atoms with van der Waals surface area (Å²) in [5.74, 6) is -2.30. The largest absolute Gasteiger partial charge is 0.481 e. The molecule has 0 amide bonds. The summed E-state index contributed by atoms with van der Waals surface area (Å²) in [6.07, 6.45) is -0.890. The smallest absolute Gasteiger partial charge is 0.305 e. The van der Waals surface area contributed by atoms with E-state index in [0.29, 0.717) is 0 Å². The molecule has 63 valence electrons. The molecular weight excluding hydrogens is 150 g/mol. The molecule has 0 atom stereocenters. The van der Waals surface area contributed by atoms with Gasteiger partial charge in [0.25, 0.3) is 0 Å². The fraction of sp³-hybridized carbons (Fsp3) is 0.500. The van der Waals surface area contributed by atoms with Crippen LogP contribution in [0, 0.1) is 6.92 Å². The molecule has 0 bridgehead atoms. The van der Waals surface area contributed by atoms with E-state index in [2.05, 4.69) is 6.92 Å². The van der Waals surface area contributed by atoms with Crippen LogP contribution in [0.4, 0.5) is 0 Å². The quantitative estimate of drug-likeness (QED) is 0.513. The summed E-state index contributed by atoms with van der Waals surface area (Å²) in [6, 6.07) is 0. The van der Waals surface area contributed by atoms with Crippen LogP contribution in [0.15, 0.2) is 0 Å². The van der Waals surface area contributed by atoms with Gasteiger partial charge in [0.15, 0.2) is 0 Å². The first-order valence-electron chi connectivity index (χ1n) is 2.91. The van der Waals surface area contributed by atoms with Gasteiger partial charge in [0.2, 0.25) is 0 Å². The Bertz CT molecular complexity index is 157. The second-order valence-corrected chi connectivity index (χ2v) is 2.50. The normalized spacial score (nSPS) is 11.1. The maximum absolute atomic E-state index is 10.1. The van der Waals surface area contributed by atoms with Crippen LogP contribution in [0.25, 0.3) is 0 Å². The molecule has 0 aliphatic carbocycles. The molecule has 0 fully saturated rings. The predicted molar refractivity (Wildman–Crippen MR) is 36.8 cm³/mol. The highest BCUT2D eigenvalue weighted by molar-refractivity contribution is 5.73. The first kappa shape index (κ1) is 9.90. The number of hydrogen-bond acceptors (Lipinski definition) is 3.